The first kappa shape index (κ1) is 20.3. The summed E-state index contributed by atoms with van der Waals surface area (Å²) in [6.07, 6.45) is 3.35. The number of amides is 1. The SMILES string of the molecule is Cc1nc(CNC(=O)[C@@]23CCCN(S(C)(=O)=O)[C@H]2CN(C)CC3)n(C)c1C. The van der Waals surface area contributed by atoms with E-state index in [1.54, 1.807) is 4.31 Å². The quantitative estimate of drug-likeness (QED) is 0.795. The highest BCUT2D eigenvalue weighted by Crippen LogP contribution is 2.43. The van der Waals surface area contributed by atoms with Gasteiger partial charge in [-0.1, -0.05) is 0 Å². The lowest BCUT2D eigenvalue weighted by atomic mass is 9.68. The maximum atomic E-state index is 13.3. The monoisotopic (exact) mass is 397 g/mol. The van der Waals surface area contributed by atoms with Crippen molar-refractivity contribution in [2.24, 2.45) is 12.5 Å². The van der Waals surface area contributed by atoms with Crippen LogP contribution in [-0.2, 0) is 28.4 Å². The number of likely N-dealkylation sites (tertiary alicyclic amines) is 1. The third-order valence-electron chi connectivity index (χ3n) is 6.41. The molecule has 2 atom stereocenters. The van der Waals surface area contributed by atoms with Gasteiger partial charge in [-0.15, -0.1) is 0 Å². The van der Waals surface area contributed by atoms with E-state index in [2.05, 4.69) is 15.2 Å². The minimum atomic E-state index is -3.36. The zero-order chi connectivity index (χ0) is 20.0. The molecule has 27 heavy (non-hydrogen) atoms. The Kier molecular flexibility index (Phi) is 5.39. The first-order chi connectivity index (χ1) is 12.6. The van der Waals surface area contributed by atoms with Gasteiger partial charge >= 0.3 is 0 Å². The number of nitrogens with one attached hydrogen (secondary N) is 1. The van der Waals surface area contributed by atoms with Crippen molar-refractivity contribution in [2.75, 3.05) is 32.9 Å². The number of carbonyl (C=O) groups excluding carboxylic acids is 1. The Morgan fingerprint density at radius 3 is 2.56 bits per heavy atom. The predicted molar refractivity (Wildman–Crippen MR) is 104 cm³/mol. The van der Waals surface area contributed by atoms with Crippen LogP contribution in [0.1, 0.15) is 36.5 Å². The molecule has 3 rings (SSSR count). The molecule has 3 heterocycles. The number of aryl methyl sites for hydroxylation is 1. The van der Waals surface area contributed by atoms with E-state index >= 15 is 0 Å². The fourth-order valence-corrected chi connectivity index (χ4v) is 5.73. The molecule has 2 saturated heterocycles. The fourth-order valence-electron chi connectivity index (χ4n) is 4.54. The van der Waals surface area contributed by atoms with Gasteiger partial charge in [-0.25, -0.2) is 13.4 Å². The highest BCUT2D eigenvalue weighted by molar-refractivity contribution is 7.88. The predicted octanol–water partition coefficient (Wildman–Crippen LogP) is 0.399. The Labute approximate surface area is 162 Å². The molecule has 0 radical (unpaired) electrons. The van der Waals surface area contributed by atoms with Gasteiger partial charge in [0.25, 0.3) is 0 Å². The normalized spacial score (nSPS) is 27.4. The molecule has 2 fully saturated rings. The van der Waals surface area contributed by atoms with Crippen molar-refractivity contribution in [1.29, 1.82) is 0 Å². The molecule has 152 valence electrons. The van der Waals surface area contributed by atoms with E-state index in [0.29, 0.717) is 32.5 Å². The van der Waals surface area contributed by atoms with Crippen molar-refractivity contribution in [2.45, 2.75) is 45.7 Å². The molecule has 0 aliphatic carbocycles. The van der Waals surface area contributed by atoms with Crippen LogP contribution in [0.15, 0.2) is 0 Å². The Bertz CT molecular complexity index is 834. The molecule has 0 aromatic carbocycles. The molecule has 2 aliphatic heterocycles. The second-order valence-corrected chi connectivity index (χ2v) is 10.0. The Hall–Kier alpha value is -1.45. The zero-order valence-corrected chi connectivity index (χ0v) is 17.8. The number of rotatable bonds is 4. The average molecular weight is 398 g/mol. The average Bonchev–Trinajstić information content (AvgIpc) is 2.85. The van der Waals surface area contributed by atoms with Crippen molar-refractivity contribution in [3.8, 4) is 0 Å². The summed E-state index contributed by atoms with van der Waals surface area (Å²) in [7, 11) is 0.569. The summed E-state index contributed by atoms with van der Waals surface area (Å²) in [6.45, 7) is 6.18. The number of piperidine rings is 2. The van der Waals surface area contributed by atoms with Gasteiger partial charge in [0.15, 0.2) is 0 Å². The number of aromatic nitrogens is 2. The molecule has 1 N–H and O–H groups in total. The summed E-state index contributed by atoms with van der Waals surface area (Å²) in [5.74, 6) is 0.766. The van der Waals surface area contributed by atoms with Crippen molar-refractivity contribution < 1.29 is 13.2 Å². The number of likely N-dealkylation sites (N-methyl/N-ethyl adjacent to an activating group) is 1. The van der Waals surface area contributed by atoms with Crippen LogP contribution in [0.5, 0.6) is 0 Å². The second-order valence-electron chi connectivity index (χ2n) is 8.10. The van der Waals surface area contributed by atoms with Crippen LogP contribution in [0.25, 0.3) is 0 Å². The number of nitrogens with zero attached hydrogens (tertiary/aromatic N) is 4. The van der Waals surface area contributed by atoms with Gasteiger partial charge in [-0.2, -0.15) is 4.31 Å². The van der Waals surface area contributed by atoms with E-state index in [9.17, 15) is 13.2 Å². The Balaban J connectivity index is 1.84. The summed E-state index contributed by atoms with van der Waals surface area (Å²) in [6, 6.07) is -0.315. The standard InChI is InChI=1S/C18H31N5O3S/c1-13-14(2)22(4)16(20-13)11-19-17(24)18-7-6-9-23(27(5,25)26)15(18)12-21(3)10-8-18/h15H,6-12H2,1-5H3,(H,19,24)/t15-,18+/m0/s1. The van der Waals surface area contributed by atoms with Gasteiger partial charge < -0.3 is 14.8 Å². The van der Waals surface area contributed by atoms with Crippen LogP contribution in [0.2, 0.25) is 0 Å². The van der Waals surface area contributed by atoms with Gasteiger partial charge in [0, 0.05) is 25.8 Å². The molecule has 0 spiro atoms. The largest absolute Gasteiger partial charge is 0.348 e. The lowest BCUT2D eigenvalue weighted by molar-refractivity contribution is -0.141. The molecule has 1 aromatic rings. The van der Waals surface area contributed by atoms with Crippen molar-refractivity contribution in [1.82, 2.24) is 24.1 Å². The smallest absolute Gasteiger partial charge is 0.228 e. The maximum absolute atomic E-state index is 13.3. The Morgan fingerprint density at radius 1 is 1.26 bits per heavy atom. The summed E-state index contributed by atoms with van der Waals surface area (Å²) >= 11 is 0. The summed E-state index contributed by atoms with van der Waals surface area (Å²) in [5.41, 5.74) is 1.37. The molecule has 1 amide bonds. The van der Waals surface area contributed by atoms with Crippen molar-refractivity contribution in [3.05, 3.63) is 17.2 Å². The van der Waals surface area contributed by atoms with Crippen LogP contribution in [0.3, 0.4) is 0 Å². The molecule has 9 heteroatoms. The van der Waals surface area contributed by atoms with Crippen LogP contribution in [0.4, 0.5) is 0 Å². The molecule has 1 aromatic heterocycles. The van der Waals surface area contributed by atoms with Crippen LogP contribution in [-0.4, -0.2) is 72.1 Å². The van der Waals surface area contributed by atoms with E-state index in [-0.39, 0.29) is 11.9 Å². The minimum absolute atomic E-state index is 0.0488. The molecule has 0 unspecified atom stereocenters. The first-order valence-corrected chi connectivity index (χ1v) is 11.3. The van der Waals surface area contributed by atoms with E-state index < -0.39 is 15.4 Å². The number of sulfonamides is 1. The van der Waals surface area contributed by atoms with E-state index in [1.807, 2.05) is 32.5 Å². The maximum Gasteiger partial charge on any atom is 0.228 e. The molecular formula is C18H31N5O3S. The van der Waals surface area contributed by atoms with Crippen molar-refractivity contribution in [3.63, 3.8) is 0 Å². The van der Waals surface area contributed by atoms with Crippen LogP contribution >= 0.6 is 0 Å². The Morgan fingerprint density at radius 2 is 1.96 bits per heavy atom. The van der Waals surface area contributed by atoms with E-state index in [0.717, 1.165) is 30.2 Å². The lowest BCUT2D eigenvalue weighted by Crippen LogP contribution is -2.66. The highest BCUT2D eigenvalue weighted by Gasteiger charge is 2.54. The van der Waals surface area contributed by atoms with Gasteiger partial charge in [0.05, 0.1) is 30.0 Å². The van der Waals surface area contributed by atoms with Crippen molar-refractivity contribution >= 4 is 15.9 Å². The minimum Gasteiger partial charge on any atom is -0.348 e. The third kappa shape index (κ3) is 3.64. The van der Waals surface area contributed by atoms with Crippen LogP contribution < -0.4 is 5.32 Å². The number of fused-ring (bicyclic) bond motifs is 1. The zero-order valence-electron chi connectivity index (χ0n) is 16.9. The van der Waals surface area contributed by atoms with Gasteiger partial charge in [0.2, 0.25) is 15.9 Å². The van der Waals surface area contributed by atoms with Gasteiger partial charge in [0.1, 0.15) is 5.82 Å². The topological polar surface area (TPSA) is 87.5 Å². The number of hydrogen-bond donors (Lipinski definition) is 1. The number of hydrogen-bond acceptors (Lipinski definition) is 5. The molecule has 0 bridgehead atoms. The summed E-state index contributed by atoms with van der Waals surface area (Å²) < 4.78 is 28.2. The third-order valence-corrected chi connectivity index (χ3v) is 7.70. The molecule has 0 saturated carbocycles. The second kappa shape index (κ2) is 7.18. The van der Waals surface area contributed by atoms with Gasteiger partial charge in [-0.3, -0.25) is 4.79 Å². The summed E-state index contributed by atoms with van der Waals surface area (Å²) in [4.78, 5) is 20.0. The molecule has 8 nitrogen and oxygen atoms in total. The molecule has 2 aliphatic rings. The van der Waals surface area contributed by atoms with Gasteiger partial charge in [-0.05, 0) is 46.7 Å². The summed E-state index contributed by atoms with van der Waals surface area (Å²) in [5, 5.41) is 3.06. The van der Waals surface area contributed by atoms with E-state index in [4.69, 9.17) is 0 Å². The van der Waals surface area contributed by atoms with E-state index in [1.165, 1.54) is 6.26 Å². The fraction of sp³-hybridized carbons (Fsp3) is 0.778. The number of carbonyl (C=O) groups is 1. The van der Waals surface area contributed by atoms with Crippen LogP contribution in [0, 0.1) is 19.3 Å². The molecular weight excluding hydrogens is 366 g/mol. The first-order valence-electron chi connectivity index (χ1n) is 9.49. The highest BCUT2D eigenvalue weighted by atomic mass is 32.2. The number of imidazole rings is 1. The lowest BCUT2D eigenvalue weighted by Gasteiger charge is -2.52.